The van der Waals surface area contributed by atoms with Gasteiger partial charge in [-0.15, -0.1) is 0 Å². The second kappa shape index (κ2) is 8.51. The van der Waals surface area contributed by atoms with Gasteiger partial charge < -0.3 is 15.0 Å². The summed E-state index contributed by atoms with van der Waals surface area (Å²) in [5.41, 5.74) is 1.75. The number of methoxy groups -OCH3 is 1. The summed E-state index contributed by atoms with van der Waals surface area (Å²) in [5.74, 6) is -0.309. The number of esters is 1. The largest absolute Gasteiger partial charge is 0.469 e. The molecule has 0 bridgehead atoms. The number of benzene rings is 2. The fraction of sp³-hybridized carbons (Fsp3) is 0.400. The Bertz CT molecular complexity index is 756. The van der Waals surface area contributed by atoms with Gasteiger partial charge in [0.15, 0.2) is 0 Å². The number of nitrogens with zero attached hydrogens (tertiary/aromatic N) is 1. The van der Waals surface area contributed by atoms with Crippen LogP contribution in [0.2, 0.25) is 0 Å². The highest BCUT2D eigenvalue weighted by Crippen LogP contribution is 2.28. The van der Waals surface area contributed by atoms with Crippen LogP contribution in [0.4, 0.5) is 5.69 Å². The maximum atomic E-state index is 12.7. The minimum absolute atomic E-state index is 0.00977. The minimum atomic E-state index is -0.219. The predicted molar refractivity (Wildman–Crippen MR) is 101 cm³/mol. The summed E-state index contributed by atoms with van der Waals surface area (Å²) in [6.45, 7) is 1.95. The van der Waals surface area contributed by atoms with E-state index in [4.69, 9.17) is 0 Å². The molecule has 2 aromatic rings. The molecule has 5 nitrogen and oxygen atoms in total. The Balaban J connectivity index is 2.12. The van der Waals surface area contributed by atoms with Gasteiger partial charge in [0, 0.05) is 43.2 Å². The maximum absolute atomic E-state index is 12.7. The van der Waals surface area contributed by atoms with Crippen LogP contribution in [0, 0.1) is 0 Å². The second-order valence-corrected chi connectivity index (χ2v) is 6.42. The highest BCUT2D eigenvalue weighted by atomic mass is 16.5. The molecule has 1 atom stereocenters. The predicted octanol–water partition coefficient (Wildman–Crippen LogP) is 3.37. The van der Waals surface area contributed by atoms with E-state index in [1.54, 1.807) is 0 Å². The second-order valence-electron chi connectivity index (χ2n) is 6.42. The molecule has 0 spiro atoms. The summed E-state index contributed by atoms with van der Waals surface area (Å²) in [6, 6.07) is 11.8. The third-order valence-corrected chi connectivity index (χ3v) is 4.25. The normalized spacial score (nSPS) is 11.8. The first kappa shape index (κ1) is 18.8. The number of fused-ring (bicyclic) bond motifs is 1. The highest BCUT2D eigenvalue weighted by Gasteiger charge is 2.15. The Kier molecular flexibility index (Phi) is 6.39. The number of nitrogens with one attached hydrogen (secondary N) is 1. The van der Waals surface area contributed by atoms with Crippen molar-refractivity contribution in [2.75, 3.05) is 26.1 Å². The van der Waals surface area contributed by atoms with E-state index < -0.39 is 0 Å². The molecule has 0 radical (unpaired) electrons. The molecule has 0 aromatic heterocycles. The lowest BCUT2D eigenvalue weighted by Crippen LogP contribution is -2.32. The van der Waals surface area contributed by atoms with Crippen molar-refractivity contribution in [3.63, 3.8) is 0 Å². The summed E-state index contributed by atoms with van der Waals surface area (Å²) < 4.78 is 4.63. The Morgan fingerprint density at radius 3 is 2.44 bits per heavy atom. The van der Waals surface area contributed by atoms with Gasteiger partial charge in [-0.1, -0.05) is 24.3 Å². The number of carbonyl (C=O) groups is 2. The first-order chi connectivity index (χ1) is 11.9. The fourth-order valence-electron chi connectivity index (χ4n) is 2.90. The Morgan fingerprint density at radius 2 is 1.80 bits per heavy atom. The molecule has 25 heavy (non-hydrogen) atoms. The van der Waals surface area contributed by atoms with Crippen LogP contribution in [-0.2, 0) is 9.53 Å². The monoisotopic (exact) mass is 342 g/mol. The van der Waals surface area contributed by atoms with Crippen LogP contribution in [0.3, 0.4) is 0 Å². The molecule has 2 rings (SSSR count). The number of rotatable bonds is 7. The summed E-state index contributed by atoms with van der Waals surface area (Å²) in [6.07, 6.45) is 1.79. The summed E-state index contributed by atoms with van der Waals surface area (Å²) in [4.78, 5) is 25.9. The van der Waals surface area contributed by atoms with Crippen LogP contribution in [0.25, 0.3) is 10.8 Å². The molecule has 0 fully saturated rings. The molecular weight excluding hydrogens is 316 g/mol. The molecule has 0 aliphatic rings. The van der Waals surface area contributed by atoms with E-state index in [1.165, 1.54) is 7.11 Å². The number of hydrogen-bond acceptors (Lipinski definition) is 4. The molecule has 134 valence electrons. The van der Waals surface area contributed by atoms with Crippen LogP contribution in [0.15, 0.2) is 36.4 Å². The van der Waals surface area contributed by atoms with Crippen LogP contribution < -0.4 is 10.2 Å². The number of amides is 1. The van der Waals surface area contributed by atoms with Gasteiger partial charge in [-0.2, -0.15) is 0 Å². The van der Waals surface area contributed by atoms with E-state index in [1.807, 2.05) is 62.3 Å². The molecule has 0 aliphatic heterocycles. The van der Waals surface area contributed by atoms with Crippen molar-refractivity contribution in [1.82, 2.24) is 5.32 Å². The number of hydrogen-bond donors (Lipinski definition) is 1. The van der Waals surface area contributed by atoms with E-state index in [9.17, 15) is 9.59 Å². The number of anilines is 1. The maximum Gasteiger partial charge on any atom is 0.305 e. The average Bonchev–Trinajstić information content (AvgIpc) is 2.60. The van der Waals surface area contributed by atoms with Crippen LogP contribution in [-0.4, -0.2) is 39.1 Å². The number of carbonyl (C=O) groups excluding carboxylic acids is 2. The van der Waals surface area contributed by atoms with Crippen molar-refractivity contribution in [1.29, 1.82) is 0 Å². The van der Waals surface area contributed by atoms with Gasteiger partial charge in [-0.25, -0.2) is 0 Å². The van der Waals surface area contributed by atoms with Gasteiger partial charge in [0.2, 0.25) is 0 Å². The topological polar surface area (TPSA) is 58.6 Å². The zero-order valence-corrected chi connectivity index (χ0v) is 15.3. The van der Waals surface area contributed by atoms with Crippen molar-refractivity contribution in [2.45, 2.75) is 32.2 Å². The molecule has 0 heterocycles. The lowest BCUT2D eigenvalue weighted by atomic mass is 10.0. The van der Waals surface area contributed by atoms with Crippen molar-refractivity contribution < 1.29 is 14.3 Å². The Labute approximate surface area is 149 Å². The summed E-state index contributed by atoms with van der Waals surface area (Å²) >= 11 is 0. The van der Waals surface area contributed by atoms with Crippen molar-refractivity contribution in [2.24, 2.45) is 0 Å². The van der Waals surface area contributed by atoms with Crippen LogP contribution in [0.1, 0.15) is 36.5 Å². The lowest BCUT2D eigenvalue weighted by Gasteiger charge is -2.18. The van der Waals surface area contributed by atoms with Gasteiger partial charge in [0.25, 0.3) is 5.91 Å². The van der Waals surface area contributed by atoms with Gasteiger partial charge in [0.05, 0.1) is 7.11 Å². The van der Waals surface area contributed by atoms with E-state index in [-0.39, 0.29) is 17.9 Å². The van der Waals surface area contributed by atoms with Gasteiger partial charge >= 0.3 is 5.97 Å². The molecule has 0 saturated heterocycles. The van der Waals surface area contributed by atoms with Gasteiger partial charge in [0.1, 0.15) is 0 Å². The average molecular weight is 342 g/mol. The molecule has 5 heteroatoms. The zero-order valence-electron chi connectivity index (χ0n) is 15.3. The first-order valence-electron chi connectivity index (χ1n) is 8.50. The first-order valence-corrected chi connectivity index (χ1v) is 8.50. The minimum Gasteiger partial charge on any atom is -0.469 e. The molecular formula is C20H26N2O3. The van der Waals surface area contributed by atoms with Crippen molar-refractivity contribution >= 4 is 28.3 Å². The lowest BCUT2D eigenvalue weighted by molar-refractivity contribution is -0.140. The molecule has 1 N–H and O–H groups in total. The SMILES string of the molecule is COC(=O)CCCC(C)NC(=O)c1ccc(N(C)C)c2ccccc12. The molecule has 1 amide bonds. The smallest absolute Gasteiger partial charge is 0.305 e. The quantitative estimate of drug-likeness (QED) is 0.784. The summed E-state index contributed by atoms with van der Waals surface area (Å²) in [7, 11) is 5.37. The fourth-order valence-corrected chi connectivity index (χ4v) is 2.90. The zero-order chi connectivity index (χ0) is 18.4. The highest BCUT2D eigenvalue weighted by molar-refractivity contribution is 6.10. The third kappa shape index (κ3) is 4.72. The van der Waals surface area contributed by atoms with Gasteiger partial charge in [-0.3, -0.25) is 9.59 Å². The van der Waals surface area contributed by atoms with Gasteiger partial charge in [-0.05, 0) is 37.3 Å². The van der Waals surface area contributed by atoms with Crippen molar-refractivity contribution in [3.8, 4) is 0 Å². The van der Waals surface area contributed by atoms with E-state index in [0.717, 1.165) is 22.9 Å². The summed E-state index contributed by atoms with van der Waals surface area (Å²) in [5, 5.41) is 5.02. The van der Waals surface area contributed by atoms with Crippen LogP contribution in [0.5, 0.6) is 0 Å². The molecule has 1 unspecified atom stereocenters. The number of ether oxygens (including phenoxy) is 1. The third-order valence-electron chi connectivity index (χ3n) is 4.25. The van der Waals surface area contributed by atoms with E-state index in [0.29, 0.717) is 18.4 Å². The molecule has 2 aromatic carbocycles. The van der Waals surface area contributed by atoms with E-state index >= 15 is 0 Å². The van der Waals surface area contributed by atoms with Crippen molar-refractivity contribution in [3.05, 3.63) is 42.0 Å². The van der Waals surface area contributed by atoms with E-state index in [2.05, 4.69) is 10.1 Å². The van der Waals surface area contributed by atoms with Crippen LogP contribution >= 0.6 is 0 Å². The molecule has 0 saturated carbocycles. The Morgan fingerprint density at radius 1 is 1.12 bits per heavy atom. The Hall–Kier alpha value is -2.56. The molecule has 0 aliphatic carbocycles. The standard InChI is InChI=1S/C20H26N2O3/c1-14(8-7-11-19(23)25-4)21-20(24)17-12-13-18(22(2)3)16-10-6-5-9-15(16)17/h5-6,9-10,12-14H,7-8,11H2,1-4H3,(H,21,24).